The van der Waals surface area contributed by atoms with E-state index < -0.39 is 5.60 Å². The molecule has 1 amide bonds. The molecule has 0 bridgehead atoms. The Bertz CT molecular complexity index is 1250. The Hall–Kier alpha value is -3.64. The first-order valence-corrected chi connectivity index (χ1v) is 15.2. The highest BCUT2D eigenvalue weighted by Crippen LogP contribution is 2.27. The maximum Gasteiger partial charge on any atom is 0.410 e. The van der Waals surface area contributed by atoms with E-state index in [1.54, 1.807) is 11.9 Å². The summed E-state index contributed by atoms with van der Waals surface area (Å²) in [6.07, 6.45) is 3.77. The molecular weight excluding hydrogens is 524 g/mol. The van der Waals surface area contributed by atoms with Crippen molar-refractivity contribution in [1.29, 1.82) is 0 Å². The van der Waals surface area contributed by atoms with Crippen LogP contribution >= 0.6 is 0 Å². The lowest BCUT2D eigenvalue weighted by molar-refractivity contribution is 0.0278. The van der Waals surface area contributed by atoms with Crippen LogP contribution in [0.5, 0.6) is 5.75 Å². The Balaban J connectivity index is 1.29. The van der Waals surface area contributed by atoms with Gasteiger partial charge in [-0.05, 0) is 82.3 Å². The third-order valence-corrected chi connectivity index (χ3v) is 7.79. The first-order chi connectivity index (χ1) is 20.2. The second kappa shape index (κ2) is 15.0. The van der Waals surface area contributed by atoms with Crippen LogP contribution in [0.15, 0.2) is 84.9 Å². The zero-order valence-electron chi connectivity index (χ0n) is 25.6. The van der Waals surface area contributed by atoms with E-state index in [0.717, 1.165) is 55.8 Å². The molecule has 1 saturated heterocycles. The molecule has 0 N–H and O–H groups in total. The molecule has 0 saturated carbocycles. The van der Waals surface area contributed by atoms with Crippen molar-refractivity contribution in [3.05, 3.63) is 102 Å². The Morgan fingerprint density at radius 3 is 2.14 bits per heavy atom. The molecule has 0 aliphatic carbocycles. The number of ether oxygens (including phenoxy) is 2. The maximum absolute atomic E-state index is 13.1. The molecular formula is C36H46N2O4. The van der Waals surface area contributed by atoms with Crippen molar-refractivity contribution in [2.24, 2.45) is 5.92 Å². The fourth-order valence-corrected chi connectivity index (χ4v) is 5.34. The number of hydrogen-bond donors (Lipinski definition) is 0. The van der Waals surface area contributed by atoms with Gasteiger partial charge < -0.3 is 14.4 Å². The average molecular weight is 571 g/mol. The van der Waals surface area contributed by atoms with Gasteiger partial charge in [-0.25, -0.2) is 4.79 Å². The Kier molecular flexibility index (Phi) is 11.2. The van der Waals surface area contributed by atoms with Crippen molar-refractivity contribution in [3.63, 3.8) is 0 Å². The van der Waals surface area contributed by atoms with Gasteiger partial charge in [-0.1, -0.05) is 72.8 Å². The summed E-state index contributed by atoms with van der Waals surface area (Å²) < 4.78 is 11.8. The zero-order chi connectivity index (χ0) is 30.0. The number of ketones is 1. The lowest BCUT2D eigenvalue weighted by Crippen LogP contribution is -2.35. The molecule has 1 fully saturated rings. The minimum absolute atomic E-state index is 0.193. The summed E-state index contributed by atoms with van der Waals surface area (Å²) in [7, 11) is 1.74. The molecule has 3 aromatic carbocycles. The number of piperidine rings is 1. The molecule has 4 rings (SSSR count). The summed E-state index contributed by atoms with van der Waals surface area (Å²) in [6.45, 7) is 9.24. The number of benzene rings is 3. The minimum atomic E-state index is -0.548. The van der Waals surface area contributed by atoms with E-state index in [2.05, 4.69) is 35.2 Å². The minimum Gasteiger partial charge on any atom is -0.486 e. The second-order valence-electron chi connectivity index (χ2n) is 12.4. The van der Waals surface area contributed by atoms with Crippen LogP contribution in [0.2, 0.25) is 0 Å². The van der Waals surface area contributed by atoms with E-state index in [9.17, 15) is 9.59 Å². The van der Waals surface area contributed by atoms with Crippen molar-refractivity contribution >= 4 is 11.9 Å². The van der Waals surface area contributed by atoms with Crippen LogP contribution in [0.3, 0.4) is 0 Å². The summed E-state index contributed by atoms with van der Waals surface area (Å²) in [4.78, 5) is 29.6. The van der Waals surface area contributed by atoms with Gasteiger partial charge in [-0.3, -0.25) is 9.69 Å². The Morgan fingerprint density at radius 2 is 1.52 bits per heavy atom. The van der Waals surface area contributed by atoms with Gasteiger partial charge in [-0.2, -0.15) is 0 Å². The number of hydrogen-bond acceptors (Lipinski definition) is 5. The van der Waals surface area contributed by atoms with Crippen molar-refractivity contribution in [1.82, 2.24) is 9.80 Å². The standard InChI is InChI=1S/C36H46N2O4/c1-36(2,3)42-35(40)37(4)24-23-34(41-32-13-9-6-10-14-32)31-18-16-30(17-19-31)33(39)20-15-28-21-25-38(26-22-28)27-29-11-7-5-8-12-29/h5-14,16-19,28,34H,15,20-27H2,1-4H3. The van der Waals surface area contributed by atoms with Gasteiger partial charge in [0, 0.05) is 38.5 Å². The highest BCUT2D eigenvalue weighted by Gasteiger charge is 2.23. The van der Waals surface area contributed by atoms with Gasteiger partial charge in [0.2, 0.25) is 0 Å². The van der Waals surface area contributed by atoms with Crippen molar-refractivity contribution < 1.29 is 19.1 Å². The monoisotopic (exact) mass is 570 g/mol. The van der Waals surface area contributed by atoms with Crippen molar-refractivity contribution in [3.8, 4) is 5.75 Å². The largest absolute Gasteiger partial charge is 0.486 e. The van der Waals surface area contributed by atoms with Gasteiger partial charge in [0.25, 0.3) is 0 Å². The van der Waals surface area contributed by atoms with E-state index in [4.69, 9.17) is 9.47 Å². The first kappa shape index (κ1) is 31.3. The first-order valence-electron chi connectivity index (χ1n) is 15.2. The van der Waals surface area contributed by atoms with Crippen LogP contribution in [0.1, 0.15) is 80.5 Å². The highest BCUT2D eigenvalue weighted by molar-refractivity contribution is 5.96. The number of para-hydroxylation sites is 1. The van der Waals surface area contributed by atoms with Crippen LogP contribution in [-0.2, 0) is 11.3 Å². The van der Waals surface area contributed by atoms with Crippen molar-refractivity contribution in [2.75, 3.05) is 26.7 Å². The molecule has 3 aromatic rings. The van der Waals surface area contributed by atoms with E-state index in [1.807, 2.05) is 75.4 Å². The number of nitrogens with zero attached hydrogens (tertiary/aromatic N) is 2. The molecule has 6 heteroatoms. The maximum atomic E-state index is 13.1. The quantitative estimate of drug-likeness (QED) is 0.207. The number of amides is 1. The van der Waals surface area contributed by atoms with Gasteiger partial charge in [-0.15, -0.1) is 0 Å². The highest BCUT2D eigenvalue weighted by atomic mass is 16.6. The number of carbonyl (C=O) groups excluding carboxylic acids is 2. The summed E-state index contributed by atoms with van der Waals surface area (Å²) in [5.41, 5.74) is 2.53. The van der Waals surface area contributed by atoms with E-state index >= 15 is 0 Å². The molecule has 42 heavy (non-hydrogen) atoms. The molecule has 1 aliphatic rings. The van der Waals surface area contributed by atoms with Gasteiger partial charge in [0.05, 0.1) is 0 Å². The Morgan fingerprint density at radius 1 is 0.905 bits per heavy atom. The van der Waals surface area contributed by atoms with Crippen molar-refractivity contribution in [2.45, 2.75) is 71.1 Å². The predicted molar refractivity (Wildman–Crippen MR) is 168 cm³/mol. The summed E-state index contributed by atoms with van der Waals surface area (Å²) >= 11 is 0. The summed E-state index contributed by atoms with van der Waals surface area (Å²) in [5, 5.41) is 0. The van der Waals surface area contributed by atoms with Crippen LogP contribution in [-0.4, -0.2) is 54.0 Å². The molecule has 6 nitrogen and oxygen atoms in total. The third kappa shape index (κ3) is 10.0. The summed E-state index contributed by atoms with van der Waals surface area (Å²) in [5.74, 6) is 1.56. The number of Topliss-reactive ketones (excluding diaryl/α,β-unsaturated/α-hetero) is 1. The molecule has 1 heterocycles. The number of rotatable bonds is 12. The van der Waals surface area contributed by atoms with Crippen LogP contribution < -0.4 is 4.74 Å². The number of likely N-dealkylation sites (tertiary alicyclic amines) is 1. The van der Waals surface area contributed by atoms with Gasteiger partial charge in [0.15, 0.2) is 5.78 Å². The topological polar surface area (TPSA) is 59.1 Å². The van der Waals surface area contributed by atoms with Crippen LogP contribution in [0.25, 0.3) is 0 Å². The molecule has 0 spiro atoms. The third-order valence-electron chi connectivity index (χ3n) is 7.79. The summed E-state index contributed by atoms with van der Waals surface area (Å²) in [6, 6.07) is 28.1. The molecule has 1 atom stereocenters. The zero-order valence-corrected chi connectivity index (χ0v) is 25.6. The number of carbonyl (C=O) groups is 2. The molecule has 1 aliphatic heterocycles. The fourth-order valence-electron chi connectivity index (χ4n) is 5.34. The smallest absolute Gasteiger partial charge is 0.410 e. The van der Waals surface area contributed by atoms with E-state index in [-0.39, 0.29) is 18.0 Å². The lowest BCUT2D eigenvalue weighted by atomic mass is 9.90. The molecule has 0 radical (unpaired) electrons. The van der Waals surface area contributed by atoms with Crippen LogP contribution in [0, 0.1) is 5.92 Å². The predicted octanol–water partition coefficient (Wildman–Crippen LogP) is 7.94. The SMILES string of the molecule is CN(CCC(Oc1ccccc1)c1ccc(C(=O)CCC2CCN(Cc3ccccc3)CC2)cc1)C(=O)OC(C)(C)C. The normalized spacial score (nSPS) is 15.1. The molecule has 224 valence electrons. The molecule has 0 aromatic heterocycles. The van der Waals surface area contributed by atoms with Gasteiger partial charge in [0.1, 0.15) is 17.5 Å². The second-order valence-corrected chi connectivity index (χ2v) is 12.4. The van der Waals surface area contributed by atoms with E-state index in [1.165, 1.54) is 5.56 Å². The fraction of sp³-hybridized carbons (Fsp3) is 0.444. The van der Waals surface area contributed by atoms with Gasteiger partial charge >= 0.3 is 6.09 Å². The van der Waals surface area contributed by atoms with Crippen LogP contribution in [0.4, 0.5) is 4.79 Å². The average Bonchev–Trinajstić information content (AvgIpc) is 2.99. The van der Waals surface area contributed by atoms with E-state index in [0.29, 0.717) is 25.3 Å². The lowest BCUT2D eigenvalue weighted by Gasteiger charge is -2.32. The Labute approximate surface area is 251 Å². The molecule has 1 unspecified atom stereocenters.